The summed E-state index contributed by atoms with van der Waals surface area (Å²) in [6, 6.07) is -0.0940. The van der Waals surface area contributed by atoms with Gasteiger partial charge in [-0.1, -0.05) is 5.92 Å². The number of terminal acetylenes is 1. The van der Waals surface area contributed by atoms with Crippen molar-refractivity contribution in [2.24, 2.45) is 0 Å². The van der Waals surface area contributed by atoms with E-state index in [9.17, 15) is 8.42 Å². The van der Waals surface area contributed by atoms with Gasteiger partial charge in [-0.25, -0.2) is 8.42 Å². The zero-order chi connectivity index (χ0) is 10.1. The molecule has 0 aliphatic carbocycles. The summed E-state index contributed by atoms with van der Waals surface area (Å²) >= 11 is 0. The van der Waals surface area contributed by atoms with Crippen molar-refractivity contribution in [3.63, 3.8) is 0 Å². The van der Waals surface area contributed by atoms with Gasteiger partial charge in [0.2, 0.25) is 10.0 Å². The largest absolute Gasteiger partial charge is 0.290 e. The SMILES string of the molecule is C#C[C@@H]1CN(S(C)(=O)=O)CCN1C. The van der Waals surface area contributed by atoms with Crippen LogP contribution >= 0.6 is 0 Å². The van der Waals surface area contributed by atoms with Crippen molar-refractivity contribution >= 4 is 10.0 Å². The third kappa shape index (κ3) is 2.44. The lowest BCUT2D eigenvalue weighted by Gasteiger charge is -2.35. The number of nitrogens with zero attached hydrogens (tertiary/aromatic N) is 2. The van der Waals surface area contributed by atoms with E-state index in [4.69, 9.17) is 6.42 Å². The first-order chi connectivity index (χ1) is 5.95. The molecule has 1 rings (SSSR count). The molecule has 5 heteroatoms. The highest BCUT2D eigenvalue weighted by Gasteiger charge is 2.27. The Morgan fingerprint density at radius 1 is 1.46 bits per heavy atom. The minimum Gasteiger partial charge on any atom is -0.290 e. The molecule has 0 spiro atoms. The zero-order valence-corrected chi connectivity index (χ0v) is 8.71. The number of hydrogen-bond acceptors (Lipinski definition) is 3. The van der Waals surface area contributed by atoms with Gasteiger partial charge in [-0.15, -0.1) is 6.42 Å². The van der Waals surface area contributed by atoms with E-state index < -0.39 is 10.0 Å². The molecule has 1 atom stereocenters. The molecule has 74 valence electrons. The standard InChI is InChI=1S/C8H14N2O2S/c1-4-8-7-10(13(3,11)12)6-5-9(8)2/h1,8H,5-7H2,2-3H3/t8-/m1/s1. The molecule has 0 bridgehead atoms. The summed E-state index contributed by atoms with van der Waals surface area (Å²) in [5, 5.41) is 0. The fourth-order valence-electron chi connectivity index (χ4n) is 1.33. The van der Waals surface area contributed by atoms with Crippen molar-refractivity contribution in [3.05, 3.63) is 0 Å². The van der Waals surface area contributed by atoms with Crippen molar-refractivity contribution in [2.45, 2.75) is 6.04 Å². The average molecular weight is 202 g/mol. The summed E-state index contributed by atoms with van der Waals surface area (Å²) in [5.74, 6) is 2.58. The highest BCUT2D eigenvalue weighted by Crippen LogP contribution is 2.09. The van der Waals surface area contributed by atoms with Gasteiger partial charge in [-0.3, -0.25) is 4.90 Å². The van der Waals surface area contributed by atoms with E-state index in [0.29, 0.717) is 19.6 Å². The number of piperazine rings is 1. The molecule has 0 aromatic carbocycles. The molecule has 1 aliphatic heterocycles. The van der Waals surface area contributed by atoms with Crippen molar-refractivity contribution in [1.82, 2.24) is 9.21 Å². The van der Waals surface area contributed by atoms with Crippen molar-refractivity contribution in [1.29, 1.82) is 0 Å². The van der Waals surface area contributed by atoms with E-state index in [0.717, 1.165) is 0 Å². The van der Waals surface area contributed by atoms with Gasteiger partial charge in [0.25, 0.3) is 0 Å². The average Bonchev–Trinajstić information content (AvgIpc) is 2.03. The molecule has 1 heterocycles. The summed E-state index contributed by atoms with van der Waals surface area (Å²) < 4.78 is 23.8. The van der Waals surface area contributed by atoms with E-state index in [1.807, 2.05) is 11.9 Å². The second-order valence-corrected chi connectivity index (χ2v) is 5.27. The maximum atomic E-state index is 11.2. The second-order valence-electron chi connectivity index (χ2n) is 3.28. The summed E-state index contributed by atoms with van der Waals surface area (Å²) in [7, 11) is -1.17. The Morgan fingerprint density at radius 2 is 2.08 bits per heavy atom. The molecule has 0 aromatic rings. The lowest BCUT2D eigenvalue weighted by atomic mass is 10.2. The molecule has 0 aromatic heterocycles. The Kier molecular flexibility index (Phi) is 2.96. The van der Waals surface area contributed by atoms with E-state index in [-0.39, 0.29) is 6.04 Å². The predicted octanol–water partition coefficient (Wildman–Crippen LogP) is -0.805. The van der Waals surface area contributed by atoms with Crippen LogP contribution in [0.25, 0.3) is 0 Å². The Morgan fingerprint density at radius 3 is 2.54 bits per heavy atom. The van der Waals surface area contributed by atoms with Crippen LogP contribution in [-0.4, -0.2) is 56.6 Å². The Bertz CT molecular complexity index is 318. The van der Waals surface area contributed by atoms with Gasteiger partial charge in [-0.2, -0.15) is 4.31 Å². The predicted molar refractivity (Wildman–Crippen MR) is 51.7 cm³/mol. The van der Waals surface area contributed by atoms with Gasteiger partial charge in [0, 0.05) is 19.6 Å². The van der Waals surface area contributed by atoms with E-state index in [1.165, 1.54) is 10.6 Å². The Labute approximate surface area is 79.6 Å². The van der Waals surface area contributed by atoms with Gasteiger partial charge >= 0.3 is 0 Å². The van der Waals surface area contributed by atoms with Crippen LogP contribution in [0.1, 0.15) is 0 Å². The molecule has 0 saturated carbocycles. The normalized spacial score (nSPS) is 27.0. The fraction of sp³-hybridized carbons (Fsp3) is 0.750. The quantitative estimate of drug-likeness (QED) is 0.522. The summed E-state index contributed by atoms with van der Waals surface area (Å²) in [5.41, 5.74) is 0. The molecule has 0 N–H and O–H groups in total. The van der Waals surface area contributed by atoms with E-state index in [1.54, 1.807) is 0 Å². The first kappa shape index (κ1) is 10.5. The monoisotopic (exact) mass is 202 g/mol. The van der Waals surface area contributed by atoms with Gasteiger partial charge in [0.05, 0.1) is 12.3 Å². The van der Waals surface area contributed by atoms with Crippen LogP contribution < -0.4 is 0 Å². The molecular weight excluding hydrogens is 188 g/mol. The third-order valence-electron chi connectivity index (χ3n) is 2.27. The minimum atomic E-state index is -3.08. The Balaban J connectivity index is 2.72. The molecule has 0 radical (unpaired) electrons. The minimum absolute atomic E-state index is 0.0940. The number of sulfonamides is 1. The van der Waals surface area contributed by atoms with Crippen LogP contribution in [0, 0.1) is 12.3 Å². The number of hydrogen-bond donors (Lipinski definition) is 0. The summed E-state index contributed by atoms with van der Waals surface area (Å²) in [6.07, 6.45) is 6.50. The molecule has 1 fully saturated rings. The maximum absolute atomic E-state index is 11.2. The van der Waals surface area contributed by atoms with Crippen LogP contribution in [0.3, 0.4) is 0 Å². The molecule has 1 saturated heterocycles. The number of likely N-dealkylation sites (N-methyl/N-ethyl adjacent to an activating group) is 1. The topological polar surface area (TPSA) is 40.6 Å². The maximum Gasteiger partial charge on any atom is 0.211 e. The molecular formula is C8H14N2O2S. The van der Waals surface area contributed by atoms with Gasteiger partial charge in [-0.05, 0) is 7.05 Å². The van der Waals surface area contributed by atoms with Gasteiger partial charge in [0.1, 0.15) is 0 Å². The van der Waals surface area contributed by atoms with Crippen LogP contribution in [0.4, 0.5) is 0 Å². The van der Waals surface area contributed by atoms with Crippen molar-refractivity contribution in [2.75, 3.05) is 32.9 Å². The molecule has 13 heavy (non-hydrogen) atoms. The smallest absolute Gasteiger partial charge is 0.211 e. The third-order valence-corrected chi connectivity index (χ3v) is 3.54. The van der Waals surface area contributed by atoms with Crippen molar-refractivity contribution in [3.8, 4) is 12.3 Å². The fourth-order valence-corrected chi connectivity index (χ4v) is 2.16. The summed E-state index contributed by atoms with van der Waals surface area (Å²) in [4.78, 5) is 1.99. The Hall–Kier alpha value is -0.570. The second kappa shape index (κ2) is 3.66. The van der Waals surface area contributed by atoms with E-state index in [2.05, 4.69) is 5.92 Å². The highest BCUT2D eigenvalue weighted by atomic mass is 32.2. The van der Waals surface area contributed by atoms with E-state index >= 15 is 0 Å². The zero-order valence-electron chi connectivity index (χ0n) is 7.90. The van der Waals surface area contributed by atoms with Crippen LogP contribution in [0.2, 0.25) is 0 Å². The lowest BCUT2D eigenvalue weighted by Crippen LogP contribution is -2.52. The summed E-state index contributed by atoms with van der Waals surface area (Å²) in [6.45, 7) is 1.64. The number of rotatable bonds is 1. The molecule has 4 nitrogen and oxygen atoms in total. The molecule has 0 amide bonds. The lowest BCUT2D eigenvalue weighted by molar-refractivity contribution is 0.184. The van der Waals surface area contributed by atoms with Crippen LogP contribution in [0.15, 0.2) is 0 Å². The van der Waals surface area contributed by atoms with Crippen molar-refractivity contribution < 1.29 is 8.42 Å². The first-order valence-corrected chi connectivity index (χ1v) is 5.91. The van der Waals surface area contributed by atoms with Gasteiger partial charge < -0.3 is 0 Å². The molecule has 1 aliphatic rings. The highest BCUT2D eigenvalue weighted by molar-refractivity contribution is 7.88. The van der Waals surface area contributed by atoms with Crippen LogP contribution in [0.5, 0.6) is 0 Å². The van der Waals surface area contributed by atoms with Crippen LogP contribution in [-0.2, 0) is 10.0 Å². The first-order valence-electron chi connectivity index (χ1n) is 4.06. The molecule has 0 unspecified atom stereocenters. The van der Waals surface area contributed by atoms with Gasteiger partial charge in [0.15, 0.2) is 0 Å².